The van der Waals surface area contributed by atoms with Crippen LogP contribution in [0.4, 0.5) is 0 Å². The minimum absolute atomic E-state index is 0.0253. The number of allylic oxidation sites excluding steroid dienone is 4. The second kappa shape index (κ2) is 5.69. The quantitative estimate of drug-likeness (QED) is 0.377. The summed E-state index contributed by atoms with van der Waals surface area (Å²) in [7, 11) is 0. The van der Waals surface area contributed by atoms with Crippen LogP contribution in [0.25, 0.3) is 27.5 Å². The molecule has 1 heteroatoms. The van der Waals surface area contributed by atoms with E-state index in [0.717, 1.165) is 6.42 Å². The number of hydrogen-bond donors (Lipinski definition) is 0. The van der Waals surface area contributed by atoms with E-state index in [1.807, 2.05) is 0 Å². The van der Waals surface area contributed by atoms with Gasteiger partial charge in [0, 0.05) is 10.2 Å². The van der Waals surface area contributed by atoms with Gasteiger partial charge in [0.25, 0.3) is 0 Å². The molecule has 0 N–H and O–H groups in total. The second-order valence-electron chi connectivity index (χ2n) is 7.91. The molecule has 0 aliphatic heterocycles. The summed E-state index contributed by atoms with van der Waals surface area (Å²) in [5, 5.41) is 2.64. The topological polar surface area (TPSA) is 0 Å². The van der Waals surface area contributed by atoms with Crippen LogP contribution in [0.2, 0.25) is 0 Å². The molecule has 2 aliphatic rings. The van der Waals surface area contributed by atoms with E-state index in [4.69, 9.17) is 0 Å². The lowest BCUT2D eigenvalue weighted by Gasteiger charge is -2.23. The first-order valence-corrected chi connectivity index (χ1v) is 10.2. The van der Waals surface area contributed by atoms with Crippen LogP contribution >= 0.6 is 15.9 Å². The first kappa shape index (κ1) is 16.1. The van der Waals surface area contributed by atoms with Crippen molar-refractivity contribution in [3.05, 3.63) is 89.5 Å². The van der Waals surface area contributed by atoms with Gasteiger partial charge in [-0.15, -0.1) is 0 Å². The Bertz CT molecular complexity index is 1100. The van der Waals surface area contributed by atoms with Crippen molar-refractivity contribution in [3.8, 4) is 11.1 Å². The maximum atomic E-state index is 3.73. The maximum absolute atomic E-state index is 3.73. The van der Waals surface area contributed by atoms with Gasteiger partial charge in [-0.1, -0.05) is 84.4 Å². The predicted octanol–water partition coefficient (Wildman–Crippen LogP) is 7.25. The molecule has 0 bridgehead atoms. The fourth-order valence-electron chi connectivity index (χ4n) is 4.44. The van der Waals surface area contributed by atoms with Crippen LogP contribution in [-0.4, -0.2) is 4.83 Å². The molecule has 3 aromatic carbocycles. The largest absolute Gasteiger partial charge is 0.0842 e. The number of alkyl halides is 1. The van der Waals surface area contributed by atoms with Gasteiger partial charge in [-0.3, -0.25) is 0 Å². The third kappa shape index (κ3) is 2.34. The lowest BCUT2D eigenvalue weighted by Crippen LogP contribution is -2.15. The van der Waals surface area contributed by atoms with Crippen molar-refractivity contribution < 1.29 is 0 Å². The van der Waals surface area contributed by atoms with Crippen LogP contribution in [0, 0.1) is 0 Å². The van der Waals surface area contributed by atoms with Crippen LogP contribution < -0.4 is 0 Å². The summed E-state index contributed by atoms with van der Waals surface area (Å²) in [6.07, 6.45) is 7.90. The van der Waals surface area contributed by atoms with Crippen molar-refractivity contribution in [3.63, 3.8) is 0 Å². The molecular formula is C25H21Br. The fourth-order valence-corrected chi connectivity index (χ4v) is 4.94. The summed E-state index contributed by atoms with van der Waals surface area (Å²) in [6.45, 7) is 4.71. The molecule has 0 amide bonds. The summed E-state index contributed by atoms with van der Waals surface area (Å²) in [6, 6.07) is 20.4. The standard InChI is InChI=1S/C25H21Br/c1-25(2)23-15-19(16-8-5-9-20(26)12-16)10-11-21(23)22-13-17-6-3-4-7-18(17)14-24(22)25/h3-8,10-15,20H,9H2,1-2H3. The van der Waals surface area contributed by atoms with Gasteiger partial charge in [0.05, 0.1) is 0 Å². The van der Waals surface area contributed by atoms with Gasteiger partial charge in [0.2, 0.25) is 0 Å². The van der Waals surface area contributed by atoms with E-state index in [1.54, 1.807) is 0 Å². The van der Waals surface area contributed by atoms with E-state index in [1.165, 1.54) is 44.2 Å². The Kier molecular flexibility index (Phi) is 3.52. The van der Waals surface area contributed by atoms with Crippen molar-refractivity contribution in [2.24, 2.45) is 0 Å². The molecule has 2 aliphatic carbocycles. The predicted molar refractivity (Wildman–Crippen MR) is 116 cm³/mol. The molecule has 5 rings (SSSR count). The van der Waals surface area contributed by atoms with Gasteiger partial charge in [-0.25, -0.2) is 0 Å². The maximum Gasteiger partial charge on any atom is 0.0368 e. The Morgan fingerprint density at radius 2 is 1.62 bits per heavy atom. The SMILES string of the molecule is CC1(C)c2cc(C3=CC(Br)CC=C3)ccc2-c2cc3ccccc3cc21. The Morgan fingerprint density at radius 3 is 2.38 bits per heavy atom. The summed E-state index contributed by atoms with van der Waals surface area (Å²) in [5.41, 5.74) is 8.31. The molecule has 0 aromatic heterocycles. The normalized spacial score (nSPS) is 20.0. The average molecular weight is 401 g/mol. The molecule has 0 nitrogen and oxygen atoms in total. The first-order chi connectivity index (χ1) is 12.5. The van der Waals surface area contributed by atoms with Crippen molar-refractivity contribution in [1.82, 2.24) is 0 Å². The molecular weight excluding hydrogens is 380 g/mol. The molecule has 0 radical (unpaired) electrons. The molecule has 1 unspecified atom stereocenters. The average Bonchev–Trinajstić information content (AvgIpc) is 2.87. The van der Waals surface area contributed by atoms with Crippen LogP contribution in [0.1, 0.15) is 37.0 Å². The highest BCUT2D eigenvalue weighted by Crippen LogP contribution is 2.50. The first-order valence-electron chi connectivity index (χ1n) is 9.25. The molecule has 26 heavy (non-hydrogen) atoms. The smallest absolute Gasteiger partial charge is 0.0368 e. The molecule has 0 saturated carbocycles. The highest BCUT2D eigenvalue weighted by molar-refractivity contribution is 9.09. The molecule has 1 atom stereocenters. The summed E-state index contributed by atoms with van der Waals surface area (Å²) >= 11 is 3.73. The molecule has 128 valence electrons. The highest BCUT2D eigenvalue weighted by Gasteiger charge is 2.35. The van der Waals surface area contributed by atoms with E-state index >= 15 is 0 Å². The molecule has 0 spiro atoms. The van der Waals surface area contributed by atoms with Gasteiger partial charge in [-0.05, 0) is 68.8 Å². The van der Waals surface area contributed by atoms with Gasteiger partial charge < -0.3 is 0 Å². The summed E-state index contributed by atoms with van der Waals surface area (Å²) in [5.74, 6) is 0. The highest BCUT2D eigenvalue weighted by atomic mass is 79.9. The Labute approximate surface area is 163 Å². The third-order valence-corrected chi connectivity index (χ3v) is 6.53. The van der Waals surface area contributed by atoms with E-state index in [0.29, 0.717) is 4.83 Å². The van der Waals surface area contributed by atoms with Crippen molar-refractivity contribution in [2.45, 2.75) is 30.5 Å². The summed E-state index contributed by atoms with van der Waals surface area (Å²) < 4.78 is 0. The Balaban J connectivity index is 1.71. The number of benzene rings is 3. The number of rotatable bonds is 1. The van der Waals surface area contributed by atoms with E-state index in [2.05, 4.69) is 103 Å². The molecule has 0 fully saturated rings. The van der Waals surface area contributed by atoms with E-state index in [-0.39, 0.29) is 5.41 Å². The monoisotopic (exact) mass is 400 g/mol. The lowest BCUT2D eigenvalue weighted by molar-refractivity contribution is 0.661. The Morgan fingerprint density at radius 1 is 0.885 bits per heavy atom. The van der Waals surface area contributed by atoms with Gasteiger partial charge >= 0.3 is 0 Å². The van der Waals surface area contributed by atoms with Crippen molar-refractivity contribution in [1.29, 1.82) is 0 Å². The summed E-state index contributed by atoms with van der Waals surface area (Å²) in [4.78, 5) is 0.436. The third-order valence-electron chi connectivity index (χ3n) is 5.89. The van der Waals surface area contributed by atoms with Crippen LogP contribution in [0.3, 0.4) is 0 Å². The number of halogens is 1. The van der Waals surface area contributed by atoms with Gasteiger partial charge in [0.15, 0.2) is 0 Å². The molecule has 3 aromatic rings. The second-order valence-corrected chi connectivity index (χ2v) is 9.08. The Hall–Kier alpha value is -2.12. The van der Waals surface area contributed by atoms with Crippen molar-refractivity contribution >= 4 is 32.3 Å². The fraction of sp³-hybridized carbons (Fsp3) is 0.200. The van der Waals surface area contributed by atoms with E-state index in [9.17, 15) is 0 Å². The zero-order valence-electron chi connectivity index (χ0n) is 15.1. The minimum atomic E-state index is 0.0253. The van der Waals surface area contributed by atoms with Crippen LogP contribution in [0.5, 0.6) is 0 Å². The number of hydrogen-bond acceptors (Lipinski definition) is 0. The van der Waals surface area contributed by atoms with Crippen LogP contribution in [-0.2, 0) is 5.41 Å². The number of fused-ring (bicyclic) bond motifs is 4. The molecule has 0 saturated heterocycles. The molecule has 0 heterocycles. The zero-order chi connectivity index (χ0) is 17.9. The van der Waals surface area contributed by atoms with Gasteiger partial charge in [-0.2, -0.15) is 0 Å². The lowest BCUT2D eigenvalue weighted by atomic mass is 9.81. The zero-order valence-corrected chi connectivity index (χ0v) is 16.7. The van der Waals surface area contributed by atoms with Crippen molar-refractivity contribution in [2.75, 3.05) is 0 Å². The minimum Gasteiger partial charge on any atom is -0.0842 e. The van der Waals surface area contributed by atoms with Gasteiger partial charge in [0.1, 0.15) is 0 Å². The van der Waals surface area contributed by atoms with E-state index < -0.39 is 0 Å². The van der Waals surface area contributed by atoms with Crippen LogP contribution in [0.15, 0.2) is 72.8 Å².